The van der Waals surface area contributed by atoms with Crippen LogP contribution in [0.25, 0.3) is 11.1 Å². The van der Waals surface area contributed by atoms with E-state index in [1.54, 1.807) is 29.4 Å². The molecule has 0 spiro atoms. The Morgan fingerprint density at radius 1 is 1.26 bits per heavy atom. The van der Waals surface area contributed by atoms with Crippen LogP contribution in [0.4, 0.5) is 10.3 Å². The summed E-state index contributed by atoms with van der Waals surface area (Å²) in [7, 11) is 3.72. The molecule has 1 aromatic carbocycles. The van der Waals surface area contributed by atoms with Crippen molar-refractivity contribution in [1.82, 2.24) is 24.4 Å². The summed E-state index contributed by atoms with van der Waals surface area (Å²) in [5.74, 6) is 0.0634. The molecule has 1 aliphatic heterocycles. The quantitative estimate of drug-likeness (QED) is 0.625. The van der Waals surface area contributed by atoms with Gasteiger partial charge in [-0.2, -0.15) is 0 Å². The molecule has 0 saturated carbocycles. The smallest absolute Gasteiger partial charge is 0.347 e. The maximum Gasteiger partial charge on any atom is 0.347 e. The highest BCUT2D eigenvalue weighted by Gasteiger charge is 2.31. The minimum absolute atomic E-state index is 0.0189. The average Bonchev–Trinajstić information content (AvgIpc) is 3.25. The van der Waals surface area contributed by atoms with Gasteiger partial charge >= 0.3 is 5.69 Å². The van der Waals surface area contributed by atoms with Crippen molar-refractivity contribution < 1.29 is 9.18 Å². The lowest BCUT2D eigenvalue weighted by atomic mass is 9.96. The van der Waals surface area contributed by atoms with Crippen LogP contribution in [0, 0.1) is 5.82 Å². The molecule has 0 N–H and O–H groups in total. The van der Waals surface area contributed by atoms with Crippen molar-refractivity contribution >= 4 is 11.9 Å². The zero-order valence-electron chi connectivity index (χ0n) is 17.4. The number of aromatic nitrogens is 4. The number of hydrogen-bond acceptors (Lipinski definition) is 6. The van der Waals surface area contributed by atoms with E-state index in [0.29, 0.717) is 24.6 Å². The standard InChI is InChI=1S/C22H23FN6O2/c1-27(2)21-25-12-18(15-5-3-6-17(23)11-15)20(26-21)16-7-10-28(13-16)19(30)14-29-9-4-8-24-22(29)31/h3-6,8-9,11-12,16H,7,10,13-14H2,1-2H3/t16-/m1/s1. The second kappa shape index (κ2) is 8.63. The van der Waals surface area contributed by atoms with Gasteiger partial charge in [-0.05, 0) is 30.2 Å². The van der Waals surface area contributed by atoms with Crippen LogP contribution in [-0.4, -0.2) is 57.5 Å². The van der Waals surface area contributed by atoms with Gasteiger partial charge in [-0.25, -0.2) is 24.1 Å². The van der Waals surface area contributed by atoms with E-state index in [4.69, 9.17) is 4.98 Å². The third-order valence-corrected chi connectivity index (χ3v) is 5.36. The van der Waals surface area contributed by atoms with Crippen LogP contribution < -0.4 is 10.6 Å². The number of carbonyl (C=O) groups is 1. The fourth-order valence-corrected chi connectivity index (χ4v) is 3.75. The van der Waals surface area contributed by atoms with E-state index in [9.17, 15) is 14.0 Å². The van der Waals surface area contributed by atoms with Gasteiger partial charge < -0.3 is 9.80 Å². The Morgan fingerprint density at radius 2 is 2.10 bits per heavy atom. The summed E-state index contributed by atoms with van der Waals surface area (Å²) in [6.45, 7) is 0.977. The summed E-state index contributed by atoms with van der Waals surface area (Å²) in [6, 6.07) is 7.97. The molecule has 8 nitrogen and oxygen atoms in total. The molecule has 3 heterocycles. The van der Waals surface area contributed by atoms with Crippen molar-refractivity contribution in [2.24, 2.45) is 0 Å². The number of halogens is 1. The van der Waals surface area contributed by atoms with Gasteiger partial charge in [0, 0.05) is 57.3 Å². The van der Waals surface area contributed by atoms with Crippen LogP contribution in [-0.2, 0) is 11.3 Å². The highest BCUT2D eigenvalue weighted by atomic mass is 19.1. The summed E-state index contributed by atoms with van der Waals surface area (Å²) < 4.78 is 15.1. The first-order chi connectivity index (χ1) is 14.9. The average molecular weight is 422 g/mol. The van der Waals surface area contributed by atoms with E-state index in [-0.39, 0.29) is 24.2 Å². The predicted molar refractivity (Wildman–Crippen MR) is 114 cm³/mol. The van der Waals surface area contributed by atoms with Crippen molar-refractivity contribution in [1.29, 1.82) is 0 Å². The van der Waals surface area contributed by atoms with Gasteiger partial charge in [0.05, 0.1) is 5.69 Å². The highest BCUT2D eigenvalue weighted by Crippen LogP contribution is 2.34. The Labute approximate surface area is 179 Å². The normalized spacial score (nSPS) is 15.8. The first-order valence-electron chi connectivity index (χ1n) is 10.0. The Balaban J connectivity index is 1.60. The van der Waals surface area contributed by atoms with E-state index in [0.717, 1.165) is 17.7 Å². The molecule has 2 aromatic heterocycles. The summed E-state index contributed by atoms with van der Waals surface area (Å²) in [5, 5.41) is 0. The van der Waals surface area contributed by atoms with Gasteiger partial charge in [0.2, 0.25) is 11.9 Å². The molecular weight excluding hydrogens is 399 g/mol. The van der Waals surface area contributed by atoms with Gasteiger partial charge in [0.25, 0.3) is 0 Å². The Morgan fingerprint density at radius 3 is 2.84 bits per heavy atom. The predicted octanol–water partition coefficient (Wildman–Crippen LogP) is 1.92. The van der Waals surface area contributed by atoms with Crippen LogP contribution in [0.15, 0.2) is 53.7 Å². The molecule has 1 atom stereocenters. The molecule has 1 saturated heterocycles. The fraction of sp³-hybridized carbons (Fsp3) is 0.318. The summed E-state index contributed by atoms with van der Waals surface area (Å²) >= 11 is 0. The first kappa shape index (κ1) is 20.6. The number of amides is 1. The molecular formula is C22H23FN6O2. The van der Waals surface area contributed by atoms with Crippen LogP contribution in [0.2, 0.25) is 0 Å². The summed E-state index contributed by atoms with van der Waals surface area (Å²) in [4.78, 5) is 41.0. The maximum atomic E-state index is 13.8. The van der Waals surface area contributed by atoms with E-state index >= 15 is 0 Å². The molecule has 0 aliphatic carbocycles. The van der Waals surface area contributed by atoms with Gasteiger partial charge in [-0.3, -0.25) is 9.36 Å². The summed E-state index contributed by atoms with van der Waals surface area (Å²) in [5.41, 5.74) is 1.80. The number of benzene rings is 1. The number of rotatable bonds is 5. The highest BCUT2D eigenvalue weighted by molar-refractivity contribution is 5.76. The molecule has 0 bridgehead atoms. The zero-order chi connectivity index (χ0) is 22.0. The van der Waals surface area contributed by atoms with Crippen LogP contribution in [0.5, 0.6) is 0 Å². The van der Waals surface area contributed by atoms with Crippen molar-refractivity contribution in [3.8, 4) is 11.1 Å². The second-order valence-corrected chi connectivity index (χ2v) is 7.73. The Hall–Kier alpha value is -3.62. The Kier molecular flexibility index (Phi) is 5.75. The van der Waals surface area contributed by atoms with Crippen LogP contribution in [0.1, 0.15) is 18.0 Å². The van der Waals surface area contributed by atoms with E-state index in [1.165, 1.54) is 22.9 Å². The molecule has 31 heavy (non-hydrogen) atoms. The van der Waals surface area contributed by atoms with Crippen LogP contribution >= 0.6 is 0 Å². The molecule has 1 fully saturated rings. The molecule has 4 rings (SSSR count). The molecule has 9 heteroatoms. The van der Waals surface area contributed by atoms with E-state index in [1.807, 2.05) is 25.1 Å². The minimum atomic E-state index is -0.452. The van der Waals surface area contributed by atoms with Crippen molar-refractivity contribution in [2.45, 2.75) is 18.9 Å². The number of nitrogens with zero attached hydrogens (tertiary/aromatic N) is 6. The minimum Gasteiger partial charge on any atom is -0.347 e. The first-order valence-corrected chi connectivity index (χ1v) is 10.0. The lowest BCUT2D eigenvalue weighted by Crippen LogP contribution is -2.35. The third kappa shape index (κ3) is 4.45. The molecule has 1 amide bonds. The Bertz CT molecular complexity index is 1160. The number of likely N-dealkylation sites (tertiary alicyclic amines) is 1. The topological polar surface area (TPSA) is 84.2 Å². The monoisotopic (exact) mass is 422 g/mol. The lowest BCUT2D eigenvalue weighted by Gasteiger charge is -2.20. The summed E-state index contributed by atoms with van der Waals surface area (Å²) in [6.07, 6.45) is 5.39. The molecule has 0 unspecified atom stereocenters. The number of anilines is 1. The van der Waals surface area contributed by atoms with Crippen molar-refractivity contribution in [2.75, 3.05) is 32.1 Å². The van der Waals surface area contributed by atoms with Gasteiger partial charge in [-0.1, -0.05) is 12.1 Å². The van der Waals surface area contributed by atoms with Crippen molar-refractivity contribution in [3.05, 3.63) is 70.9 Å². The van der Waals surface area contributed by atoms with Crippen LogP contribution in [0.3, 0.4) is 0 Å². The van der Waals surface area contributed by atoms with E-state index in [2.05, 4.69) is 9.97 Å². The molecule has 1 aliphatic rings. The SMILES string of the molecule is CN(C)c1ncc(-c2cccc(F)c2)c([C@@H]2CCN(C(=O)Cn3cccnc3=O)C2)n1. The number of hydrogen-bond donors (Lipinski definition) is 0. The van der Waals surface area contributed by atoms with E-state index < -0.39 is 5.69 Å². The molecule has 160 valence electrons. The van der Waals surface area contributed by atoms with Gasteiger partial charge in [-0.15, -0.1) is 0 Å². The fourth-order valence-electron chi connectivity index (χ4n) is 3.75. The largest absolute Gasteiger partial charge is 0.347 e. The second-order valence-electron chi connectivity index (χ2n) is 7.73. The molecule has 3 aromatic rings. The van der Waals surface area contributed by atoms with Gasteiger partial charge in [0.1, 0.15) is 12.4 Å². The third-order valence-electron chi connectivity index (χ3n) is 5.36. The molecule has 0 radical (unpaired) electrons. The van der Waals surface area contributed by atoms with Gasteiger partial charge in [0.15, 0.2) is 0 Å². The zero-order valence-corrected chi connectivity index (χ0v) is 17.4. The lowest BCUT2D eigenvalue weighted by molar-refractivity contribution is -0.130. The number of carbonyl (C=O) groups excluding carboxylic acids is 1. The maximum absolute atomic E-state index is 13.8. The van der Waals surface area contributed by atoms with Crippen molar-refractivity contribution in [3.63, 3.8) is 0 Å².